The number of hydrogen-bond donors (Lipinski definition) is 1. The fourth-order valence-corrected chi connectivity index (χ4v) is 3.51. The summed E-state index contributed by atoms with van der Waals surface area (Å²) >= 11 is 5.81. The molecule has 0 bridgehead atoms. The van der Waals surface area contributed by atoms with Crippen molar-refractivity contribution in [3.63, 3.8) is 0 Å². The maximum absolute atomic E-state index is 12.2. The van der Waals surface area contributed by atoms with Gasteiger partial charge in [-0.05, 0) is 18.2 Å². The van der Waals surface area contributed by atoms with Crippen molar-refractivity contribution in [2.45, 2.75) is 11.0 Å². The minimum absolute atomic E-state index is 0.0622. The zero-order valence-electron chi connectivity index (χ0n) is 12.7. The van der Waals surface area contributed by atoms with E-state index in [1.54, 1.807) is 24.1 Å². The number of sulfonamides is 1. The van der Waals surface area contributed by atoms with Gasteiger partial charge in [0, 0.05) is 31.8 Å². The standard InChI is InChI=1S/C14H19ClN2O5S/c1-21-6-5-17-9-12(22-10-14(17)18)8-16-23(19,20)13-4-2-3-11(15)7-13/h2-4,7,12,16H,5-6,8-10H2,1H3. The molecular weight excluding hydrogens is 344 g/mol. The second kappa shape index (κ2) is 8.07. The molecule has 1 heterocycles. The monoisotopic (exact) mass is 362 g/mol. The summed E-state index contributed by atoms with van der Waals surface area (Å²) in [7, 11) is -2.12. The lowest BCUT2D eigenvalue weighted by molar-refractivity contribution is -0.149. The molecule has 0 saturated carbocycles. The lowest BCUT2D eigenvalue weighted by atomic mass is 10.2. The number of carbonyl (C=O) groups excluding carboxylic acids is 1. The van der Waals surface area contributed by atoms with Crippen LogP contribution in [0.15, 0.2) is 29.2 Å². The van der Waals surface area contributed by atoms with Crippen LogP contribution in [0, 0.1) is 0 Å². The van der Waals surface area contributed by atoms with Gasteiger partial charge in [0.05, 0.1) is 17.6 Å². The van der Waals surface area contributed by atoms with Gasteiger partial charge in [-0.1, -0.05) is 17.7 Å². The van der Waals surface area contributed by atoms with E-state index in [2.05, 4.69) is 4.72 Å². The highest BCUT2D eigenvalue weighted by atomic mass is 35.5. The Morgan fingerprint density at radius 1 is 1.48 bits per heavy atom. The van der Waals surface area contributed by atoms with E-state index >= 15 is 0 Å². The number of morpholine rings is 1. The van der Waals surface area contributed by atoms with E-state index in [0.717, 1.165) is 0 Å². The van der Waals surface area contributed by atoms with E-state index in [1.165, 1.54) is 12.1 Å². The molecule has 0 spiro atoms. The van der Waals surface area contributed by atoms with Gasteiger partial charge in [0.15, 0.2) is 0 Å². The highest BCUT2D eigenvalue weighted by molar-refractivity contribution is 7.89. The molecule has 1 aliphatic heterocycles. The van der Waals surface area contributed by atoms with Crippen molar-refractivity contribution in [2.24, 2.45) is 0 Å². The number of methoxy groups -OCH3 is 1. The molecule has 1 atom stereocenters. The second-order valence-electron chi connectivity index (χ2n) is 5.07. The molecule has 7 nitrogen and oxygen atoms in total. The van der Waals surface area contributed by atoms with Crippen LogP contribution in [0.4, 0.5) is 0 Å². The summed E-state index contributed by atoms with van der Waals surface area (Å²) in [5.74, 6) is -0.129. The Morgan fingerprint density at radius 2 is 2.26 bits per heavy atom. The molecule has 1 N–H and O–H groups in total. The zero-order chi connectivity index (χ0) is 16.9. The van der Waals surface area contributed by atoms with Crippen LogP contribution in [0.3, 0.4) is 0 Å². The molecule has 9 heteroatoms. The molecule has 1 aromatic rings. The normalized spacial score (nSPS) is 19.1. The number of benzene rings is 1. The van der Waals surface area contributed by atoms with Crippen LogP contribution < -0.4 is 4.72 Å². The van der Waals surface area contributed by atoms with Gasteiger partial charge < -0.3 is 14.4 Å². The lowest BCUT2D eigenvalue weighted by Gasteiger charge is -2.32. The van der Waals surface area contributed by atoms with Crippen molar-refractivity contribution < 1.29 is 22.7 Å². The zero-order valence-corrected chi connectivity index (χ0v) is 14.3. The summed E-state index contributed by atoms with van der Waals surface area (Å²) < 4.78 is 37.2. The molecule has 0 aliphatic carbocycles. The predicted octanol–water partition coefficient (Wildman–Crippen LogP) is 0.492. The molecule has 1 aromatic carbocycles. The molecule has 1 unspecified atom stereocenters. The summed E-state index contributed by atoms with van der Waals surface area (Å²) in [5, 5.41) is 0.345. The van der Waals surface area contributed by atoms with Crippen molar-refractivity contribution in [3.05, 3.63) is 29.3 Å². The summed E-state index contributed by atoms with van der Waals surface area (Å²) in [4.78, 5) is 13.4. The Labute approximate surface area is 140 Å². The van der Waals surface area contributed by atoms with Crippen molar-refractivity contribution in [2.75, 3.05) is 40.0 Å². The third kappa shape index (κ3) is 5.15. The van der Waals surface area contributed by atoms with Crippen LogP contribution in [0.2, 0.25) is 5.02 Å². The maximum Gasteiger partial charge on any atom is 0.248 e. The van der Waals surface area contributed by atoms with Crippen molar-refractivity contribution >= 4 is 27.5 Å². The molecule has 128 valence electrons. The van der Waals surface area contributed by atoms with E-state index in [9.17, 15) is 13.2 Å². The van der Waals surface area contributed by atoms with E-state index in [4.69, 9.17) is 21.1 Å². The average molecular weight is 363 g/mol. The molecule has 0 aromatic heterocycles. The smallest absolute Gasteiger partial charge is 0.248 e. The highest BCUT2D eigenvalue weighted by Gasteiger charge is 2.27. The molecule has 1 amide bonds. The topological polar surface area (TPSA) is 84.9 Å². The first-order valence-corrected chi connectivity index (χ1v) is 8.92. The number of halogens is 1. The van der Waals surface area contributed by atoms with E-state index < -0.39 is 16.1 Å². The largest absolute Gasteiger partial charge is 0.383 e. The maximum atomic E-state index is 12.2. The number of nitrogens with zero attached hydrogens (tertiary/aromatic N) is 1. The Bertz CT molecular complexity index is 652. The van der Waals surface area contributed by atoms with Gasteiger partial charge in [-0.25, -0.2) is 13.1 Å². The van der Waals surface area contributed by atoms with Crippen LogP contribution in [0.5, 0.6) is 0 Å². The quantitative estimate of drug-likeness (QED) is 0.763. The third-order valence-corrected chi connectivity index (χ3v) is 5.05. The van der Waals surface area contributed by atoms with Gasteiger partial charge in [-0.3, -0.25) is 4.79 Å². The van der Waals surface area contributed by atoms with Crippen LogP contribution in [0.1, 0.15) is 0 Å². The number of amides is 1. The number of carbonyl (C=O) groups is 1. The fourth-order valence-electron chi connectivity index (χ4n) is 2.14. The van der Waals surface area contributed by atoms with E-state index in [-0.39, 0.29) is 24.0 Å². The van der Waals surface area contributed by atoms with E-state index in [0.29, 0.717) is 24.7 Å². The summed E-state index contributed by atoms with van der Waals surface area (Å²) in [5.41, 5.74) is 0. The van der Waals surface area contributed by atoms with Crippen molar-refractivity contribution in [1.82, 2.24) is 9.62 Å². The molecule has 1 saturated heterocycles. The molecular formula is C14H19ClN2O5S. The fraction of sp³-hybridized carbons (Fsp3) is 0.500. The van der Waals surface area contributed by atoms with Crippen molar-refractivity contribution in [3.8, 4) is 0 Å². The molecule has 2 rings (SSSR count). The van der Waals surface area contributed by atoms with Gasteiger partial charge in [-0.2, -0.15) is 0 Å². The Balaban J connectivity index is 1.93. The first-order chi connectivity index (χ1) is 10.9. The van der Waals surface area contributed by atoms with Gasteiger partial charge in [-0.15, -0.1) is 0 Å². The first kappa shape index (κ1) is 18.2. The number of nitrogens with one attached hydrogen (secondary N) is 1. The second-order valence-corrected chi connectivity index (χ2v) is 7.28. The van der Waals surface area contributed by atoms with Crippen LogP contribution in [-0.4, -0.2) is 65.3 Å². The number of ether oxygens (including phenoxy) is 2. The molecule has 1 fully saturated rings. The Morgan fingerprint density at radius 3 is 2.96 bits per heavy atom. The SMILES string of the molecule is COCCN1CC(CNS(=O)(=O)c2cccc(Cl)c2)OCC1=O. The predicted molar refractivity (Wildman–Crippen MR) is 84.8 cm³/mol. The van der Waals surface area contributed by atoms with Gasteiger partial charge >= 0.3 is 0 Å². The highest BCUT2D eigenvalue weighted by Crippen LogP contribution is 2.15. The molecule has 23 heavy (non-hydrogen) atoms. The van der Waals surface area contributed by atoms with Gasteiger partial charge in [0.25, 0.3) is 0 Å². The molecule has 0 radical (unpaired) electrons. The number of rotatable bonds is 7. The Kier molecular flexibility index (Phi) is 6.37. The van der Waals surface area contributed by atoms with E-state index in [1.807, 2.05) is 0 Å². The van der Waals surface area contributed by atoms with Gasteiger partial charge in [0.1, 0.15) is 6.61 Å². The third-order valence-electron chi connectivity index (χ3n) is 3.39. The summed E-state index contributed by atoms with van der Waals surface area (Å²) in [6.07, 6.45) is -0.404. The number of hydrogen-bond acceptors (Lipinski definition) is 5. The summed E-state index contributed by atoms with van der Waals surface area (Å²) in [6.45, 7) is 1.21. The minimum atomic E-state index is -3.67. The summed E-state index contributed by atoms with van der Waals surface area (Å²) in [6, 6.07) is 6.01. The van der Waals surface area contributed by atoms with Crippen LogP contribution >= 0.6 is 11.6 Å². The Hall–Kier alpha value is -1.19. The van der Waals surface area contributed by atoms with Crippen LogP contribution in [0.25, 0.3) is 0 Å². The van der Waals surface area contributed by atoms with Gasteiger partial charge in [0.2, 0.25) is 15.9 Å². The average Bonchev–Trinajstić information content (AvgIpc) is 2.53. The van der Waals surface area contributed by atoms with Crippen molar-refractivity contribution in [1.29, 1.82) is 0 Å². The minimum Gasteiger partial charge on any atom is -0.383 e. The van der Waals surface area contributed by atoms with Crippen LogP contribution in [-0.2, 0) is 24.3 Å². The molecule has 1 aliphatic rings. The lowest BCUT2D eigenvalue weighted by Crippen LogP contribution is -2.51. The first-order valence-electron chi connectivity index (χ1n) is 7.06.